The van der Waals surface area contributed by atoms with E-state index in [-0.39, 0.29) is 42.9 Å². The molecule has 1 atom stereocenters. The maximum atomic E-state index is 13.6. The normalized spacial score (nSPS) is 18.2. The monoisotopic (exact) mass is 459 g/mol. The molecule has 3 heterocycles. The quantitative estimate of drug-likeness (QED) is 0.610. The number of nitrogens with one attached hydrogen (secondary N) is 1. The van der Waals surface area contributed by atoms with E-state index in [1.807, 2.05) is 24.3 Å². The van der Waals surface area contributed by atoms with Crippen LogP contribution >= 0.6 is 0 Å². The van der Waals surface area contributed by atoms with E-state index < -0.39 is 0 Å². The van der Waals surface area contributed by atoms with E-state index in [4.69, 9.17) is 4.74 Å². The number of H-pyrrole nitrogens is 1. The summed E-state index contributed by atoms with van der Waals surface area (Å²) in [6.45, 7) is 1.12. The maximum Gasteiger partial charge on any atom is 0.270 e. The third-order valence-corrected chi connectivity index (χ3v) is 6.02. The lowest BCUT2D eigenvalue weighted by atomic mass is 10.1. The molecule has 2 aromatic carbocycles. The summed E-state index contributed by atoms with van der Waals surface area (Å²) in [5.74, 6) is -0.0591. The van der Waals surface area contributed by atoms with Crippen molar-refractivity contribution in [2.45, 2.75) is 38.3 Å². The molecule has 2 aliphatic heterocycles. The van der Waals surface area contributed by atoms with Crippen LogP contribution in [0, 0.1) is 0 Å². The number of rotatable bonds is 6. The summed E-state index contributed by atoms with van der Waals surface area (Å²) in [7, 11) is 0. The molecule has 34 heavy (non-hydrogen) atoms. The van der Waals surface area contributed by atoms with Gasteiger partial charge in [0.15, 0.2) is 0 Å². The van der Waals surface area contributed by atoms with Gasteiger partial charge in [0, 0.05) is 26.0 Å². The second kappa shape index (κ2) is 9.56. The van der Waals surface area contributed by atoms with E-state index in [9.17, 15) is 14.4 Å². The van der Waals surface area contributed by atoms with Crippen molar-refractivity contribution in [3.05, 3.63) is 70.8 Å². The van der Waals surface area contributed by atoms with Crippen LogP contribution in [0.4, 0.5) is 5.69 Å². The molecule has 5 rings (SSSR count). The lowest BCUT2D eigenvalue weighted by Gasteiger charge is -2.28. The third kappa shape index (κ3) is 4.60. The Kier molecular flexibility index (Phi) is 6.18. The van der Waals surface area contributed by atoms with Crippen LogP contribution in [0.3, 0.4) is 0 Å². The zero-order valence-corrected chi connectivity index (χ0v) is 18.6. The summed E-state index contributed by atoms with van der Waals surface area (Å²) in [5, 5.41) is 6.20. The van der Waals surface area contributed by atoms with Crippen LogP contribution in [0.25, 0.3) is 10.9 Å². The standard InChI is InChI=1S/C25H25N5O4/c31-23-13-12-21(28-30(23)17-7-2-1-3-8-17)25(33)29(15-18-9-6-14-34-18)16-22-26-20-11-5-4-10-19(20)24(32)27-22/h1-5,7-8,10-11,18H,6,9,12-16H2,(H,26,27,32)/t18-/m0/s1. The number of ether oxygens (including phenoxy) is 1. The van der Waals surface area contributed by atoms with E-state index in [0.717, 1.165) is 12.8 Å². The van der Waals surface area contributed by atoms with Crippen LogP contribution in [0.15, 0.2) is 64.5 Å². The minimum absolute atomic E-state index is 0.0906. The number of aromatic nitrogens is 2. The minimum Gasteiger partial charge on any atom is -0.376 e. The number of hydrogen-bond acceptors (Lipinski definition) is 6. The molecule has 0 unspecified atom stereocenters. The first kappa shape index (κ1) is 22.0. The van der Waals surface area contributed by atoms with E-state index in [0.29, 0.717) is 41.3 Å². The van der Waals surface area contributed by atoms with Crippen LogP contribution in [0.5, 0.6) is 0 Å². The molecule has 2 amide bonds. The van der Waals surface area contributed by atoms with Crippen molar-refractivity contribution in [3.63, 3.8) is 0 Å². The summed E-state index contributed by atoms with van der Waals surface area (Å²) in [6, 6.07) is 16.1. The van der Waals surface area contributed by atoms with Crippen LogP contribution in [-0.4, -0.2) is 51.6 Å². The number of nitrogens with zero attached hydrogens (tertiary/aromatic N) is 4. The highest BCUT2D eigenvalue weighted by Gasteiger charge is 2.31. The van der Waals surface area contributed by atoms with Crippen LogP contribution in [0.1, 0.15) is 31.5 Å². The zero-order chi connectivity index (χ0) is 23.5. The van der Waals surface area contributed by atoms with Crippen molar-refractivity contribution in [1.29, 1.82) is 0 Å². The average molecular weight is 460 g/mol. The first-order valence-corrected chi connectivity index (χ1v) is 11.4. The number of benzene rings is 2. The van der Waals surface area contributed by atoms with Gasteiger partial charge in [0.2, 0.25) is 5.91 Å². The average Bonchev–Trinajstić information content (AvgIpc) is 3.37. The number of hydrogen-bond donors (Lipinski definition) is 1. The molecule has 1 N–H and O–H groups in total. The number of aromatic amines is 1. The molecular formula is C25H25N5O4. The molecule has 1 saturated heterocycles. The Morgan fingerprint density at radius 3 is 2.68 bits per heavy atom. The Morgan fingerprint density at radius 2 is 1.88 bits per heavy atom. The Bertz CT molecular complexity index is 1300. The van der Waals surface area contributed by atoms with Gasteiger partial charge in [-0.05, 0) is 37.1 Å². The number of carbonyl (C=O) groups is 2. The Balaban J connectivity index is 1.45. The Morgan fingerprint density at radius 1 is 1.09 bits per heavy atom. The van der Waals surface area contributed by atoms with Gasteiger partial charge in [0.25, 0.3) is 11.5 Å². The molecule has 174 valence electrons. The minimum atomic E-state index is -0.292. The van der Waals surface area contributed by atoms with E-state index >= 15 is 0 Å². The van der Waals surface area contributed by atoms with Crippen molar-refractivity contribution < 1.29 is 14.3 Å². The fraction of sp³-hybridized carbons (Fsp3) is 0.320. The van der Waals surface area contributed by atoms with Crippen LogP contribution in [0.2, 0.25) is 0 Å². The Labute approximate surface area is 196 Å². The predicted molar refractivity (Wildman–Crippen MR) is 127 cm³/mol. The molecule has 9 nitrogen and oxygen atoms in total. The number of amides is 2. The SMILES string of the molecule is O=C(C1=NN(c2ccccc2)C(=O)CC1)N(Cc1nc2ccccc2c(=O)[nH]1)C[C@@H]1CCCO1. The molecule has 1 aromatic heterocycles. The molecule has 0 saturated carbocycles. The van der Waals surface area contributed by atoms with Crippen molar-refractivity contribution in [2.75, 3.05) is 18.2 Å². The lowest BCUT2D eigenvalue weighted by Crippen LogP contribution is -2.44. The lowest BCUT2D eigenvalue weighted by molar-refractivity contribution is -0.126. The number of anilines is 1. The van der Waals surface area contributed by atoms with Gasteiger partial charge in [-0.15, -0.1) is 0 Å². The highest BCUT2D eigenvalue weighted by atomic mass is 16.5. The first-order valence-electron chi connectivity index (χ1n) is 11.4. The van der Waals surface area contributed by atoms with E-state index in [1.54, 1.807) is 35.2 Å². The van der Waals surface area contributed by atoms with Crippen molar-refractivity contribution in [2.24, 2.45) is 5.10 Å². The summed E-state index contributed by atoms with van der Waals surface area (Å²) < 4.78 is 5.77. The molecule has 2 aliphatic rings. The number of fused-ring (bicyclic) bond motifs is 1. The molecule has 0 aliphatic carbocycles. The highest BCUT2D eigenvalue weighted by molar-refractivity contribution is 6.40. The van der Waals surface area contributed by atoms with Gasteiger partial charge in [0.05, 0.1) is 29.2 Å². The van der Waals surface area contributed by atoms with Gasteiger partial charge in [0.1, 0.15) is 11.5 Å². The van der Waals surface area contributed by atoms with Crippen LogP contribution in [-0.2, 0) is 20.9 Å². The van der Waals surface area contributed by atoms with Gasteiger partial charge in [-0.2, -0.15) is 5.10 Å². The van der Waals surface area contributed by atoms with Gasteiger partial charge in [-0.25, -0.2) is 9.99 Å². The van der Waals surface area contributed by atoms with Gasteiger partial charge >= 0.3 is 0 Å². The predicted octanol–water partition coefficient (Wildman–Crippen LogP) is 2.61. The fourth-order valence-corrected chi connectivity index (χ4v) is 4.30. The van der Waals surface area contributed by atoms with E-state index in [1.165, 1.54) is 5.01 Å². The summed E-state index contributed by atoms with van der Waals surface area (Å²) >= 11 is 0. The molecule has 0 radical (unpaired) electrons. The third-order valence-electron chi connectivity index (χ3n) is 6.02. The zero-order valence-electron chi connectivity index (χ0n) is 18.6. The second-order valence-corrected chi connectivity index (χ2v) is 8.44. The van der Waals surface area contributed by atoms with Crippen molar-refractivity contribution in [1.82, 2.24) is 14.9 Å². The molecule has 0 bridgehead atoms. The highest BCUT2D eigenvalue weighted by Crippen LogP contribution is 2.22. The molecular weight excluding hydrogens is 434 g/mol. The summed E-state index contributed by atoms with van der Waals surface area (Å²) in [4.78, 5) is 47.6. The van der Waals surface area contributed by atoms with Gasteiger partial charge in [-0.1, -0.05) is 30.3 Å². The molecule has 9 heteroatoms. The topological polar surface area (TPSA) is 108 Å². The van der Waals surface area contributed by atoms with E-state index in [2.05, 4.69) is 15.1 Å². The Hall–Kier alpha value is -3.85. The summed E-state index contributed by atoms with van der Waals surface area (Å²) in [6.07, 6.45) is 2.15. The molecule has 0 spiro atoms. The van der Waals surface area contributed by atoms with Crippen LogP contribution < -0.4 is 10.6 Å². The number of carbonyl (C=O) groups excluding carboxylic acids is 2. The van der Waals surface area contributed by atoms with Gasteiger partial charge in [-0.3, -0.25) is 14.4 Å². The fourth-order valence-electron chi connectivity index (χ4n) is 4.30. The largest absolute Gasteiger partial charge is 0.376 e. The molecule has 3 aromatic rings. The number of hydrazone groups is 1. The smallest absolute Gasteiger partial charge is 0.270 e. The van der Waals surface area contributed by atoms with Gasteiger partial charge < -0.3 is 14.6 Å². The molecule has 1 fully saturated rings. The van der Waals surface area contributed by atoms with Crippen molar-refractivity contribution in [3.8, 4) is 0 Å². The number of para-hydroxylation sites is 2. The van der Waals surface area contributed by atoms with Crippen molar-refractivity contribution >= 4 is 34.1 Å². The maximum absolute atomic E-state index is 13.6. The second-order valence-electron chi connectivity index (χ2n) is 8.44. The first-order chi connectivity index (χ1) is 16.6. The summed E-state index contributed by atoms with van der Waals surface area (Å²) in [5.41, 5.74) is 1.23.